The van der Waals surface area contributed by atoms with E-state index in [4.69, 9.17) is 21.1 Å². The molecule has 0 aliphatic heterocycles. The monoisotopic (exact) mass is 340 g/mol. The van der Waals surface area contributed by atoms with Gasteiger partial charge in [0.15, 0.2) is 5.89 Å². The number of carboxylic acid groups (broad SMARTS) is 1. The summed E-state index contributed by atoms with van der Waals surface area (Å²) in [4.78, 5) is 27.2. The number of hydrogen-bond acceptors (Lipinski definition) is 4. The first kappa shape index (κ1) is 17.0. The van der Waals surface area contributed by atoms with Gasteiger partial charge in [-0.3, -0.25) is 9.59 Å². The van der Waals surface area contributed by atoms with Crippen molar-refractivity contribution in [3.63, 3.8) is 0 Å². The van der Waals surface area contributed by atoms with Crippen LogP contribution in [0.5, 0.6) is 0 Å². The molecule has 0 aliphatic rings. The van der Waals surface area contributed by atoms with E-state index in [1.807, 2.05) is 0 Å². The normalized spacial score (nSPS) is 12.0. The summed E-state index contributed by atoms with van der Waals surface area (Å²) < 4.78 is 18.8. The number of benzene rings is 1. The first-order valence-corrected chi connectivity index (χ1v) is 7.07. The van der Waals surface area contributed by atoms with Gasteiger partial charge in [-0.25, -0.2) is 9.37 Å². The molecule has 0 radical (unpaired) electrons. The summed E-state index contributed by atoms with van der Waals surface area (Å²) in [5.41, 5.74) is 0.674. The molecule has 1 atom stereocenters. The summed E-state index contributed by atoms with van der Waals surface area (Å²) in [6, 6.07) is 2.92. The summed E-state index contributed by atoms with van der Waals surface area (Å²) in [7, 11) is 0. The third kappa shape index (κ3) is 4.07. The van der Waals surface area contributed by atoms with Crippen LogP contribution >= 0.6 is 11.6 Å². The van der Waals surface area contributed by atoms with E-state index in [0.717, 1.165) is 6.07 Å². The predicted octanol–water partition coefficient (Wildman–Crippen LogP) is 3.03. The zero-order chi connectivity index (χ0) is 17.1. The molecule has 1 unspecified atom stereocenters. The Morgan fingerprint density at radius 1 is 1.43 bits per heavy atom. The van der Waals surface area contributed by atoms with Crippen molar-refractivity contribution in [1.82, 2.24) is 10.3 Å². The Kier molecular flexibility index (Phi) is 5.00. The number of aromatic nitrogens is 1. The van der Waals surface area contributed by atoms with E-state index < -0.39 is 30.2 Å². The second-order valence-corrected chi connectivity index (χ2v) is 5.35. The first-order valence-electron chi connectivity index (χ1n) is 6.69. The molecule has 0 spiro atoms. The van der Waals surface area contributed by atoms with Crippen LogP contribution in [0.2, 0.25) is 5.02 Å². The van der Waals surface area contributed by atoms with Gasteiger partial charge in [0.25, 0.3) is 5.91 Å². The van der Waals surface area contributed by atoms with Gasteiger partial charge in [0.2, 0.25) is 5.76 Å². The SMILES string of the molecule is Cc1nc(C)c(C(=O)NC(CC(=O)O)c2ccc(Cl)c(F)c2)o1. The molecule has 2 rings (SSSR count). The Morgan fingerprint density at radius 3 is 2.65 bits per heavy atom. The molecule has 6 nitrogen and oxygen atoms in total. The average molecular weight is 341 g/mol. The van der Waals surface area contributed by atoms with Crippen LogP contribution in [0.15, 0.2) is 22.6 Å². The lowest BCUT2D eigenvalue weighted by Gasteiger charge is -2.17. The molecule has 1 heterocycles. The quantitative estimate of drug-likeness (QED) is 0.872. The van der Waals surface area contributed by atoms with Gasteiger partial charge in [0.1, 0.15) is 5.82 Å². The van der Waals surface area contributed by atoms with Gasteiger partial charge in [-0.1, -0.05) is 17.7 Å². The highest BCUT2D eigenvalue weighted by atomic mass is 35.5. The number of oxazole rings is 1. The molecular weight excluding hydrogens is 327 g/mol. The fourth-order valence-electron chi connectivity index (χ4n) is 2.12. The highest BCUT2D eigenvalue weighted by Crippen LogP contribution is 2.23. The van der Waals surface area contributed by atoms with Crippen molar-refractivity contribution in [2.75, 3.05) is 0 Å². The molecule has 122 valence electrons. The highest BCUT2D eigenvalue weighted by molar-refractivity contribution is 6.30. The van der Waals surface area contributed by atoms with Crippen molar-refractivity contribution in [2.24, 2.45) is 0 Å². The van der Waals surface area contributed by atoms with Crippen LogP contribution in [-0.2, 0) is 4.79 Å². The Morgan fingerprint density at radius 2 is 2.13 bits per heavy atom. The van der Waals surface area contributed by atoms with Crippen LogP contribution in [0.1, 0.15) is 40.2 Å². The Hall–Kier alpha value is -2.41. The smallest absolute Gasteiger partial charge is 0.305 e. The number of rotatable bonds is 5. The van der Waals surface area contributed by atoms with E-state index in [-0.39, 0.29) is 16.3 Å². The second kappa shape index (κ2) is 6.78. The van der Waals surface area contributed by atoms with Crippen LogP contribution in [-0.4, -0.2) is 22.0 Å². The van der Waals surface area contributed by atoms with Crippen molar-refractivity contribution in [3.05, 3.63) is 51.9 Å². The maximum absolute atomic E-state index is 13.6. The number of aryl methyl sites for hydroxylation is 2. The van der Waals surface area contributed by atoms with Gasteiger partial charge in [0.05, 0.1) is 23.2 Å². The van der Waals surface area contributed by atoms with E-state index in [1.165, 1.54) is 12.1 Å². The largest absolute Gasteiger partial charge is 0.481 e. The molecule has 8 heteroatoms. The minimum Gasteiger partial charge on any atom is -0.481 e. The summed E-state index contributed by atoms with van der Waals surface area (Å²) in [6.45, 7) is 3.19. The summed E-state index contributed by atoms with van der Waals surface area (Å²) in [6.07, 6.45) is -0.418. The number of amides is 1. The lowest BCUT2D eigenvalue weighted by molar-refractivity contribution is -0.137. The van der Waals surface area contributed by atoms with Crippen molar-refractivity contribution in [3.8, 4) is 0 Å². The second-order valence-electron chi connectivity index (χ2n) is 4.94. The number of carboxylic acids is 1. The molecule has 0 saturated heterocycles. The highest BCUT2D eigenvalue weighted by Gasteiger charge is 2.23. The van der Waals surface area contributed by atoms with Crippen LogP contribution in [0.3, 0.4) is 0 Å². The number of nitrogens with zero attached hydrogens (tertiary/aromatic N) is 1. The third-order valence-electron chi connectivity index (χ3n) is 3.14. The summed E-state index contributed by atoms with van der Waals surface area (Å²) in [5.74, 6) is -2.14. The Labute approximate surface area is 136 Å². The molecule has 0 aliphatic carbocycles. The number of carbonyl (C=O) groups excluding carboxylic acids is 1. The molecule has 1 aromatic carbocycles. The maximum Gasteiger partial charge on any atom is 0.305 e. The molecule has 0 fully saturated rings. The lowest BCUT2D eigenvalue weighted by Crippen LogP contribution is -2.30. The molecule has 2 N–H and O–H groups in total. The predicted molar refractivity (Wildman–Crippen MR) is 79.8 cm³/mol. The summed E-state index contributed by atoms with van der Waals surface area (Å²) in [5, 5.41) is 11.4. The van der Waals surface area contributed by atoms with Gasteiger partial charge >= 0.3 is 5.97 Å². The van der Waals surface area contributed by atoms with Crippen molar-refractivity contribution in [1.29, 1.82) is 0 Å². The zero-order valence-corrected chi connectivity index (χ0v) is 13.1. The van der Waals surface area contributed by atoms with Gasteiger partial charge in [-0.15, -0.1) is 0 Å². The Balaban J connectivity index is 2.28. The molecule has 0 saturated carbocycles. The topological polar surface area (TPSA) is 92.4 Å². The summed E-state index contributed by atoms with van der Waals surface area (Å²) >= 11 is 5.61. The number of hydrogen-bond donors (Lipinski definition) is 2. The van der Waals surface area contributed by atoms with Crippen LogP contribution in [0.25, 0.3) is 0 Å². The molecule has 1 amide bonds. The number of halogens is 2. The standard InChI is InChI=1S/C15H14ClFN2O4/c1-7-14(23-8(2)18-7)15(22)19-12(6-13(20)21)9-3-4-10(16)11(17)5-9/h3-5,12H,6H2,1-2H3,(H,19,22)(H,20,21). The van der Waals surface area contributed by atoms with Gasteiger partial charge in [-0.2, -0.15) is 0 Å². The van der Waals surface area contributed by atoms with Crippen LogP contribution in [0.4, 0.5) is 4.39 Å². The van der Waals surface area contributed by atoms with E-state index in [9.17, 15) is 14.0 Å². The molecule has 2 aromatic rings. The third-order valence-corrected chi connectivity index (χ3v) is 3.45. The van der Waals surface area contributed by atoms with E-state index in [1.54, 1.807) is 13.8 Å². The van der Waals surface area contributed by atoms with E-state index >= 15 is 0 Å². The van der Waals surface area contributed by atoms with Crippen molar-refractivity contribution in [2.45, 2.75) is 26.3 Å². The zero-order valence-electron chi connectivity index (χ0n) is 12.4. The molecule has 1 aromatic heterocycles. The molecule has 23 heavy (non-hydrogen) atoms. The van der Waals surface area contributed by atoms with Crippen molar-refractivity contribution < 1.29 is 23.5 Å². The lowest BCUT2D eigenvalue weighted by atomic mass is 10.0. The number of nitrogens with one attached hydrogen (secondary N) is 1. The fraction of sp³-hybridized carbons (Fsp3) is 0.267. The number of carbonyl (C=O) groups is 2. The number of aliphatic carboxylic acids is 1. The minimum absolute atomic E-state index is 0.00711. The van der Waals surface area contributed by atoms with Gasteiger partial charge < -0.3 is 14.8 Å². The van der Waals surface area contributed by atoms with E-state index in [0.29, 0.717) is 11.6 Å². The van der Waals surface area contributed by atoms with Crippen LogP contribution < -0.4 is 5.32 Å². The molecular formula is C15H14ClFN2O4. The fourth-order valence-corrected chi connectivity index (χ4v) is 2.24. The van der Waals surface area contributed by atoms with Crippen LogP contribution in [0, 0.1) is 19.7 Å². The molecule has 0 bridgehead atoms. The minimum atomic E-state index is -1.14. The first-order chi connectivity index (χ1) is 10.8. The van der Waals surface area contributed by atoms with E-state index in [2.05, 4.69) is 10.3 Å². The van der Waals surface area contributed by atoms with Gasteiger partial charge in [0, 0.05) is 6.92 Å². The van der Waals surface area contributed by atoms with Gasteiger partial charge in [-0.05, 0) is 24.6 Å². The maximum atomic E-state index is 13.6. The van der Waals surface area contributed by atoms with Crippen molar-refractivity contribution >= 4 is 23.5 Å². The Bertz CT molecular complexity index is 760. The average Bonchev–Trinajstić information content (AvgIpc) is 2.79.